The molecule has 0 heterocycles. The van der Waals surface area contributed by atoms with E-state index in [1.54, 1.807) is 30.3 Å². The van der Waals surface area contributed by atoms with Gasteiger partial charge in [-0.25, -0.2) is 4.79 Å². The van der Waals surface area contributed by atoms with E-state index in [0.717, 1.165) is 0 Å². The molecular weight excluding hydrogens is 328 g/mol. The number of aliphatic carboxylic acids is 1. The van der Waals surface area contributed by atoms with Gasteiger partial charge in [0.15, 0.2) is 6.61 Å². The summed E-state index contributed by atoms with van der Waals surface area (Å²) >= 11 is 0. The summed E-state index contributed by atoms with van der Waals surface area (Å²) in [5, 5.41) is 22.2. The molecule has 1 amide bonds. The van der Waals surface area contributed by atoms with Crippen molar-refractivity contribution in [2.24, 2.45) is 0 Å². The second-order valence-electron chi connectivity index (χ2n) is 5.19. The summed E-state index contributed by atoms with van der Waals surface area (Å²) < 4.78 is 5.26. The van der Waals surface area contributed by atoms with E-state index >= 15 is 0 Å². The summed E-state index contributed by atoms with van der Waals surface area (Å²) in [6, 6.07) is 13.0. The number of hydrogen-bond acceptors (Lipinski definition) is 5. The van der Waals surface area contributed by atoms with Gasteiger partial charge >= 0.3 is 5.97 Å². The van der Waals surface area contributed by atoms with Crippen LogP contribution in [0.25, 0.3) is 0 Å². The molecule has 0 saturated heterocycles. The third-order valence-electron chi connectivity index (χ3n) is 3.33. The van der Waals surface area contributed by atoms with Crippen LogP contribution >= 0.6 is 0 Å². The Labute approximate surface area is 143 Å². The number of carboxylic acid groups (broad SMARTS) is 1. The fourth-order valence-electron chi connectivity index (χ4n) is 2.09. The lowest BCUT2D eigenvalue weighted by Crippen LogP contribution is -2.44. The fourth-order valence-corrected chi connectivity index (χ4v) is 2.09. The highest BCUT2D eigenvalue weighted by atomic mass is 16.6. The van der Waals surface area contributed by atoms with E-state index < -0.39 is 22.8 Å². The summed E-state index contributed by atoms with van der Waals surface area (Å²) in [5.41, 5.74) is 0.471. The largest absolute Gasteiger partial charge is 0.484 e. The summed E-state index contributed by atoms with van der Waals surface area (Å²) in [6.45, 7) is -0.311. The van der Waals surface area contributed by atoms with Gasteiger partial charge in [0.1, 0.15) is 11.8 Å². The smallest absolute Gasteiger partial charge is 0.326 e. The van der Waals surface area contributed by atoms with E-state index in [1.165, 1.54) is 24.3 Å². The lowest BCUT2D eigenvalue weighted by atomic mass is 10.1. The maximum Gasteiger partial charge on any atom is 0.326 e. The molecule has 2 N–H and O–H groups in total. The van der Waals surface area contributed by atoms with Crippen LogP contribution in [-0.4, -0.2) is 34.6 Å². The van der Waals surface area contributed by atoms with Crippen LogP contribution in [-0.2, 0) is 16.0 Å². The third kappa shape index (κ3) is 5.61. The zero-order valence-corrected chi connectivity index (χ0v) is 13.1. The topological polar surface area (TPSA) is 119 Å². The quantitative estimate of drug-likeness (QED) is 0.556. The predicted molar refractivity (Wildman–Crippen MR) is 88.3 cm³/mol. The van der Waals surface area contributed by atoms with Crippen molar-refractivity contribution >= 4 is 17.6 Å². The third-order valence-corrected chi connectivity index (χ3v) is 3.33. The monoisotopic (exact) mass is 344 g/mol. The summed E-state index contributed by atoms with van der Waals surface area (Å²) in [6.07, 6.45) is 0.00437. The van der Waals surface area contributed by atoms with Crippen molar-refractivity contribution in [2.75, 3.05) is 6.61 Å². The van der Waals surface area contributed by atoms with Gasteiger partial charge in [0, 0.05) is 18.6 Å². The highest BCUT2D eigenvalue weighted by molar-refractivity contribution is 5.84. The highest BCUT2D eigenvalue weighted by Gasteiger charge is 2.21. The molecule has 0 aliphatic carbocycles. The van der Waals surface area contributed by atoms with Crippen molar-refractivity contribution in [2.45, 2.75) is 12.5 Å². The Morgan fingerprint density at radius 1 is 1.12 bits per heavy atom. The molecule has 0 bridgehead atoms. The van der Waals surface area contributed by atoms with Crippen LogP contribution in [0.5, 0.6) is 5.75 Å². The molecule has 2 aromatic rings. The molecule has 0 radical (unpaired) electrons. The van der Waals surface area contributed by atoms with Gasteiger partial charge in [-0.2, -0.15) is 0 Å². The van der Waals surface area contributed by atoms with Crippen LogP contribution in [0.2, 0.25) is 0 Å². The zero-order valence-electron chi connectivity index (χ0n) is 13.1. The van der Waals surface area contributed by atoms with Crippen LogP contribution in [0, 0.1) is 10.1 Å². The number of hydrogen-bond donors (Lipinski definition) is 2. The molecule has 25 heavy (non-hydrogen) atoms. The lowest BCUT2D eigenvalue weighted by Gasteiger charge is -2.15. The molecule has 1 atom stereocenters. The average molecular weight is 344 g/mol. The van der Waals surface area contributed by atoms with E-state index in [9.17, 15) is 24.8 Å². The lowest BCUT2D eigenvalue weighted by molar-refractivity contribution is -0.384. The van der Waals surface area contributed by atoms with Crippen molar-refractivity contribution in [3.05, 3.63) is 70.3 Å². The van der Waals surface area contributed by atoms with E-state index in [-0.39, 0.29) is 18.7 Å². The normalized spacial score (nSPS) is 11.4. The maximum atomic E-state index is 11.9. The predicted octanol–water partition coefficient (Wildman–Crippen LogP) is 1.79. The minimum Gasteiger partial charge on any atom is -0.484 e. The number of ether oxygens (including phenoxy) is 1. The summed E-state index contributed by atoms with van der Waals surface area (Å²) in [4.78, 5) is 33.3. The molecule has 0 aliphatic rings. The molecule has 8 nitrogen and oxygen atoms in total. The first-order valence-electron chi connectivity index (χ1n) is 7.39. The molecule has 2 aromatic carbocycles. The molecular formula is C17H16N2O6. The molecule has 1 unspecified atom stereocenters. The first kappa shape index (κ1) is 17.9. The van der Waals surface area contributed by atoms with Crippen molar-refractivity contribution in [1.29, 1.82) is 0 Å². The zero-order chi connectivity index (χ0) is 18.2. The Morgan fingerprint density at radius 2 is 1.76 bits per heavy atom. The average Bonchev–Trinajstić information content (AvgIpc) is 2.60. The van der Waals surface area contributed by atoms with Gasteiger partial charge in [-0.3, -0.25) is 14.9 Å². The van der Waals surface area contributed by atoms with Crippen LogP contribution < -0.4 is 10.1 Å². The summed E-state index contributed by atoms with van der Waals surface area (Å²) in [7, 11) is 0. The Morgan fingerprint density at radius 3 is 2.32 bits per heavy atom. The maximum absolute atomic E-state index is 11.9. The number of benzene rings is 2. The van der Waals surface area contributed by atoms with E-state index in [4.69, 9.17) is 4.74 Å². The van der Waals surface area contributed by atoms with Crippen molar-refractivity contribution in [3.63, 3.8) is 0 Å². The van der Waals surface area contributed by atoms with Crippen LogP contribution in [0.1, 0.15) is 5.56 Å². The number of non-ortho nitro benzene ring substituents is 1. The van der Waals surface area contributed by atoms with Crippen molar-refractivity contribution < 1.29 is 24.4 Å². The Balaban J connectivity index is 1.92. The first-order valence-corrected chi connectivity index (χ1v) is 7.39. The molecule has 130 valence electrons. The number of rotatable bonds is 8. The van der Waals surface area contributed by atoms with Crippen LogP contribution in [0.4, 0.5) is 5.69 Å². The number of carboxylic acids is 1. The number of nitrogens with one attached hydrogen (secondary N) is 1. The van der Waals surface area contributed by atoms with Crippen LogP contribution in [0.3, 0.4) is 0 Å². The number of nitro groups is 1. The second-order valence-corrected chi connectivity index (χ2v) is 5.19. The molecule has 2 rings (SSSR count). The highest BCUT2D eigenvalue weighted by Crippen LogP contribution is 2.13. The number of amides is 1. The standard InChI is InChI=1S/C17H16N2O6/c20-16(11-25-14-4-2-1-3-5-14)18-15(17(21)22)10-12-6-8-13(9-7-12)19(23)24/h1-9,15H,10-11H2,(H,18,20)(H,21,22). The van der Waals surface area contributed by atoms with Gasteiger partial charge in [0.25, 0.3) is 11.6 Å². The Hall–Kier alpha value is -3.42. The van der Waals surface area contributed by atoms with E-state index in [1.807, 2.05) is 0 Å². The molecule has 8 heteroatoms. The van der Waals surface area contributed by atoms with Crippen molar-refractivity contribution in [3.8, 4) is 5.75 Å². The minimum atomic E-state index is -1.20. The van der Waals surface area contributed by atoms with E-state index in [0.29, 0.717) is 11.3 Å². The van der Waals surface area contributed by atoms with E-state index in [2.05, 4.69) is 5.32 Å². The number of carbonyl (C=O) groups is 2. The molecule has 0 aliphatic heterocycles. The molecule has 0 spiro atoms. The van der Waals surface area contributed by atoms with Crippen molar-refractivity contribution in [1.82, 2.24) is 5.32 Å². The number of para-hydroxylation sites is 1. The second kappa shape index (κ2) is 8.44. The Kier molecular flexibility index (Phi) is 6.05. The summed E-state index contributed by atoms with van der Waals surface area (Å²) in [5.74, 6) is -1.27. The molecule has 0 aromatic heterocycles. The SMILES string of the molecule is O=C(COc1ccccc1)NC(Cc1ccc([N+](=O)[O-])cc1)C(=O)O. The molecule has 0 fully saturated rings. The van der Waals surface area contributed by atoms with Gasteiger partial charge in [-0.05, 0) is 17.7 Å². The number of nitro benzene ring substituents is 1. The van der Waals surface area contributed by atoms with Gasteiger partial charge < -0.3 is 15.2 Å². The van der Waals surface area contributed by atoms with Gasteiger partial charge in [0.05, 0.1) is 4.92 Å². The first-order chi connectivity index (χ1) is 12.0. The minimum absolute atomic E-state index is 0.00437. The number of nitrogens with zero attached hydrogens (tertiary/aromatic N) is 1. The van der Waals surface area contributed by atoms with Crippen LogP contribution in [0.15, 0.2) is 54.6 Å². The fraction of sp³-hybridized carbons (Fsp3) is 0.176. The van der Waals surface area contributed by atoms with Gasteiger partial charge in [-0.15, -0.1) is 0 Å². The number of carbonyl (C=O) groups excluding carboxylic acids is 1. The Bertz CT molecular complexity index is 745. The van der Waals surface area contributed by atoms with Gasteiger partial charge in [-0.1, -0.05) is 30.3 Å². The van der Waals surface area contributed by atoms with Gasteiger partial charge in [0.2, 0.25) is 0 Å². The molecule has 0 saturated carbocycles.